The van der Waals surface area contributed by atoms with Crippen LogP contribution in [-0.2, 0) is 4.79 Å². The van der Waals surface area contributed by atoms with Crippen molar-refractivity contribution in [3.8, 4) is 0 Å². The minimum atomic E-state index is -0.0343. The fraction of sp³-hybridized carbons (Fsp3) is 0.615. The van der Waals surface area contributed by atoms with E-state index in [0.717, 1.165) is 36.8 Å². The highest BCUT2D eigenvalue weighted by atomic mass is 32.2. The van der Waals surface area contributed by atoms with Gasteiger partial charge in [-0.15, -0.1) is 0 Å². The maximum atomic E-state index is 12.2. The predicted molar refractivity (Wildman–Crippen MR) is 73.4 cm³/mol. The number of carbonyl (C=O) groups excluding carboxylic acids is 1. The molecule has 0 aliphatic carbocycles. The van der Waals surface area contributed by atoms with Crippen molar-refractivity contribution in [3.63, 3.8) is 0 Å². The summed E-state index contributed by atoms with van der Waals surface area (Å²) < 4.78 is 1.70. The van der Waals surface area contributed by atoms with Gasteiger partial charge in [0.05, 0.1) is 6.04 Å². The van der Waals surface area contributed by atoms with Crippen molar-refractivity contribution >= 4 is 17.7 Å². The molecule has 1 aromatic heterocycles. The fourth-order valence-electron chi connectivity index (χ4n) is 2.67. The molecule has 1 saturated heterocycles. The number of aryl methyl sites for hydroxylation is 1. The Morgan fingerprint density at radius 2 is 2.21 bits per heavy atom. The summed E-state index contributed by atoms with van der Waals surface area (Å²) in [4.78, 5) is 30.5. The van der Waals surface area contributed by atoms with Crippen LogP contribution in [0.15, 0.2) is 16.1 Å². The smallest absolute Gasteiger partial charge is 0.257 e. The fourth-order valence-corrected chi connectivity index (χ4v) is 3.77. The molecule has 0 spiro atoms. The third-order valence-corrected chi connectivity index (χ3v) is 4.88. The molecule has 2 aliphatic rings. The summed E-state index contributed by atoms with van der Waals surface area (Å²) in [5.74, 6) is 0.940. The molecule has 19 heavy (non-hydrogen) atoms. The molecule has 1 unspecified atom stereocenters. The largest absolute Gasteiger partial charge is 0.343 e. The minimum Gasteiger partial charge on any atom is -0.343 e. The maximum Gasteiger partial charge on any atom is 0.257 e. The average Bonchev–Trinajstić information content (AvgIpc) is 3.03. The number of rotatable bonds is 2. The summed E-state index contributed by atoms with van der Waals surface area (Å²) in [5, 5.41) is 0.745. The first-order valence-electron chi connectivity index (χ1n) is 6.65. The molecular weight excluding hydrogens is 262 g/mol. The van der Waals surface area contributed by atoms with Gasteiger partial charge in [-0.2, -0.15) is 0 Å². The van der Waals surface area contributed by atoms with Crippen molar-refractivity contribution in [3.05, 3.63) is 22.1 Å². The quantitative estimate of drug-likeness (QED) is 0.764. The summed E-state index contributed by atoms with van der Waals surface area (Å²) in [6.45, 7) is 3.50. The Morgan fingerprint density at radius 3 is 2.95 bits per heavy atom. The van der Waals surface area contributed by atoms with E-state index in [9.17, 15) is 9.59 Å². The Morgan fingerprint density at radius 1 is 1.47 bits per heavy atom. The van der Waals surface area contributed by atoms with Crippen LogP contribution in [0.3, 0.4) is 0 Å². The molecule has 3 rings (SSSR count). The second kappa shape index (κ2) is 5.00. The highest BCUT2D eigenvalue weighted by Crippen LogP contribution is 2.32. The van der Waals surface area contributed by atoms with Gasteiger partial charge in [0, 0.05) is 37.0 Å². The summed E-state index contributed by atoms with van der Waals surface area (Å²) >= 11 is 1.56. The van der Waals surface area contributed by atoms with Crippen molar-refractivity contribution in [2.45, 2.75) is 37.4 Å². The van der Waals surface area contributed by atoms with Crippen LogP contribution in [0.4, 0.5) is 0 Å². The number of carbonyl (C=O) groups is 1. The van der Waals surface area contributed by atoms with Crippen LogP contribution in [0.5, 0.6) is 0 Å². The van der Waals surface area contributed by atoms with Gasteiger partial charge in [-0.05, 0) is 19.8 Å². The summed E-state index contributed by atoms with van der Waals surface area (Å²) in [6.07, 6.45) is 4.24. The number of hydrogen-bond donors (Lipinski definition) is 0. The van der Waals surface area contributed by atoms with Gasteiger partial charge in [-0.25, -0.2) is 4.98 Å². The van der Waals surface area contributed by atoms with Crippen molar-refractivity contribution < 1.29 is 4.79 Å². The lowest BCUT2D eigenvalue weighted by atomic mass is 10.2. The second-order valence-electron chi connectivity index (χ2n) is 5.16. The minimum absolute atomic E-state index is 0.00535. The number of likely N-dealkylation sites (tertiary alicyclic amines) is 1. The molecule has 0 radical (unpaired) electrons. The molecule has 6 heteroatoms. The molecule has 0 N–H and O–H groups in total. The lowest BCUT2D eigenvalue weighted by Crippen LogP contribution is -2.33. The number of thioether (sulfide) groups is 1. The number of amides is 1. The zero-order valence-electron chi connectivity index (χ0n) is 11.0. The first-order chi connectivity index (χ1) is 9.16. The van der Waals surface area contributed by atoms with E-state index in [1.165, 1.54) is 0 Å². The van der Waals surface area contributed by atoms with Crippen LogP contribution in [0, 0.1) is 6.92 Å². The van der Waals surface area contributed by atoms with Gasteiger partial charge in [-0.1, -0.05) is 11.8 Å². The highest BCUT2D eigenvalue weighted by molar-refractivity contribution is 7.99. The summed E-state index contributed by atoms with van der Waals surface area (Å²) in [7, 11) is 0. The SMILES string of the molecule is Cc1cnc2n(c1=O)C(CC(=O)N1CCCC1)CS2. The van der Waals surface area contributed by atoms with E-state index in [1.807, 2.05) is 4.90 Å². The first kappa shape index (κ1) is 12.7. The third-order valence-electron chi connectivity index (χ3n) is 3.77. The van der Waals surface area contributed by atoms with E-state index in [1.54, 1.807) is 29.4 Å². The normalized spacial score (nSPS) is 21.7. The number of fused-ring (bicyclic) bond motifs is 1. The van der Waals surface area contributed by atoms with Gasteiger partial charge in [0.15, 0.2) is 5.16 Å². The highest BCUT2D eigenvalue weighted by Gasteiger charge is 2.29. The Labute approximate surface area is 116 Å². The lowest BCUT2D eigenvalue weighted by molar-refractivity contribution is -0.130. The molecule has 5 nitrogen and oxygen atoms in total. The van der Waals surface area contributed by atoms with E-state index in [2.05, 4.69) is 4.98 Å². The van der Waals surface area contributed by atoms with Crippen molar-refractivity contribution in [2.75, 3.05) is 18.8 Å². The molecule has 102 valence electrons. The van der Waals surface area contributed by atoms with E-state index in [-0.39, 0.29) is 17.5 Å². The summed E-state index contributed by atoms with van der Waals surface area (Å²) in [6, 6.07) is -0.0343. The molecule has 2 aliphatic heterocycles. The second-order valence-corrected chi connectivity index (χ2v) is 6.14. The number of aromatic nitrogens is 2. The van der Waals surface area contributed by atoms with Crippen LogP contribution in [-0.4, -0.2) is 39.2 Å². The van der Waals surface area contributed by atoms with E-state index >= 15 is 0 Å². The summed E-state index contributed by atoms with van der Waals surface area (Å²) in [5.41, 5.74) is 0.638. The zero-order chi connectivity index (χ0) is 13.4. The van der Waals surface area contributed by atoms with Crippen molar-refractivity contribution in [1.29, 1.82) is 0 Å². The molecule has 1 amide bonds. The molecule has 1 fully saturated rings. The lowest BCUT2D eigenvalue weighted by Gasteiger charge is -2.19. The maximum absolute atomic E-state index is 12.2. The molecule has 0 bridgehead atoms. The Balaban J connectivity index is 1.80. The number of hydrogen-bond acceptors (Lipinski definition) is 4. The van der Waals surface area contributed by atoms with Gasteiger partial charge in [0.2, 0.25) is 5.91 Å². The van der Waals surface area contributed by atoms with Gasteiger partial charge < -0.3 is 4.90 Å². The molecule has 1 aromatic rings. The predicted octanol–water partition coefficient (Wildman–Crippen LogP) is 1.21. The Hall–Kier alpha value is -1.30. The average molecular weight is 279 g/mol. The molecule has 1 atom stereocenters. The van der Waals surface area contributed by atoms with Gasteiger partial charge in [0.25, 0.3) is 5.56 Å². The van der Waals surface area contributed by atoms with Gasteiger partial charge in [-0.3, -0.25) is 14.2 Å². The third kappa shape index (κ3) is 2.29. The van der Waals surface area contributed by atoms with Crippen LogP contribution >= 0.6 is 11.8 Å². The molecule has 3 heterocycles. The topological polar surface area (TPSA) is 55.2 Å². The Bertz CT molecular complexity index is 563. The number of nitrogens with zero attached hydrogens (tertiary/aromatic N) is 3. The Kier molecular flexibility index (Phi) is 3.35. The molecule has 0 saturated carbocycles. The van der Waals surface area contributed by atoms with E-state index < -0.39 is 0 Å². The van der Waals surface area contributed by atoms with Crippen molar-refractivity contribution in [1.82, 2.24) is 14.5 Å². The van der Waals surface area contributed by atoms with Crippen LogP contribution in [0.2, 0.25) is 0 Å². The van der Waals surface area contributed by atoms with E-state index in [0.29, 0.717) is 12.0 Å². The first-order valence-corrected chi connectivity index (χ1v) is 7.64. The standard InChI is InChI=1S/C13H17N3O2S/c1-9-7-14-13-16(12(9)18)10(8-19-13)6-11(17)15-4-2-3-5-15/h7,10H,2-6,8H2,1H3. The van der Waals surface area contributed by atoms with Crippen LogP contribution < -0.4 is 5.56 Å². The molecule has 0 aromatic carbocycles. The van der Waals surface area contributed by atoms with Gasteiger partial charge in [0.1, 0.15) is 0 Å². The monoisotopic (exact) mass is 279 g/mol. The van der Waals surface area contributed by atoms with Crippen LogP contribution in [0.1, 0.15) is 30.9 Å². The van der Waals surface area contributed by atoms with Crippen molar-refractivity contribution in [2.24, 2.45) is 0 Å². The van der Waals surface area contributed by atoms with E-state index in [4.69, 9.17) is 0 Å². The molecular formula is C13H17N3O2S. The van der Waals surface area contributed by atoms with Gasteiger partial charge >= 0.3 is 0 Å². The van der Waals surface area contributed by atoms with Crippen LogP contribution in [0.25, 0.3) is 0 Å². The zero-order valence-corrected chi connectivity index (χ0v) is 11.8.